The zero-order valence-electron chi connectivity index (χ0n) is 17.1. The molecule has 1 heterocycles. The lowest BCUT2D eigenvalue weighted by Crippen LogP contribution is -2.37. The van der Waals surface area contributed by atoms with Crippen LogP contribution >= 0.6 is 0 Å². The quantitative estimate of drug-likeness (QED) is 0.418. The molecule has 0 spiro atoms. The molecule has 3 aromatic rings. The monoisotopic (exact) mass is 483 g/mol. The molecular formula is C19H21N3O8S2. The molecule has 3 N–H and O–H groups in total. The number of imidazole rings is 1. The molecule has 13 heteroatoms. The summed E-state index contributed by atoms with van der Waals surface area (Å²) < 4.78 is 65.9. The Labute approximate surface area is 184 Å². The highest BCUT2D eigenvalue weighted by Crippen LogP contribution is 2.23. The van der Waals surface area contributed by atoms with E-state index in [-0.39, 0.29) is 18.8 Å². The number of carbonyl (C=O) groups is 1. The van der Waals surface area contributed by atoms with Gasteiger partial charge in [0.25, 0.3) is 0 Å². The first-order valence-electron chi connectivity index (χ1n) is 9.15. The van der Waals surface area contributed by atoms with Crippen LogP contribution in [0.2, 0.25) is 0 Å². The van der Waals surface area contributed by atoms with Gasteiger partial charge in [-0.05, 0) is 36.2 Å². The molecule has 0 fully saturated rings. The van der Waals surface area contributed by atoms with E-state index < -0.39 is 31.4 Å². The molecule has 1 atom stereocenters. The van der Waals surface area contributed by atoms with Crippen molar-refractivity contribution in [1.82, 2.24) is 9.55 Å². The van der Waals surface area contributed by atoms with Crippen LogP contribution in [0.5, 0.6) is 11.5 Å². The van der Waals surface area contributed by atoms with E-state index in [1.807, 2.05) is 0 Å². The van der Waals surface area contributed by atoms with Crippen LogP contribution in [0.4, 0.5) is 0 Å². The fourth-order valence-corrected chi connectivity index (χ4v) is 4.33. The lowest BCUT2D eigenvalue weighted by atomic mass is 10.1. The smallest absolute Gasteiger partial charge is 0.446 e. The average molecular weight is 484 g/mol. The van der Waals surface area contributed by atoms with Gasteiger partial charge in [0, 0.05) is 19.4 Å². The lowest BCUT2D eigenvalue weighted by molar-refractivity contribution is -0.117. The fourth-order valence-electron chi connectivity index (χ4n) is 3.07. The first-order valence-corrected chi connectivity index (χ1v) is 12.5. The third kappa shape index (κ3) is 5.75. The van der Waals surface area contributed by atoms with Crippen molar-refractivity contribution < 1.29 is 35.1 Å². The molecule has 0 aliphatic heterocycles. The number of nitrogens with zero attached hydrogens (tertiary/aromatic N) is 2. The van der Waals surface area contributed by atoms with Crippen LogP contribution in [-0.4, -0.2) is 48.4 Å². The molecule has 3 rings (SSSR count). The van der Waals surface area contributed by atoms with Gasteiger partial charge in [-0.15, -0.1) is 0 Å². The summed E-state index contributed by atoms with van der Waals surface area (Å²) in [5.74, 6) is 0.0689. The van der Waals surface area contributed by atoms with Crippen molar-refractivity contribution in [2.75, 3.05) is 6.26 Å². The molecule has 11 nitrogen and oxygen atoms in total. The van der Waals surface area contributed by atoms with Crippen LogP contribution in [0.25, 0.3) is 11.0 Å². The highest BCUT2D eigenvalue weighted by atomic mass is 32.3. The number of fused-ring (bicyclic) bond motifs is 1. The second kappa shape index (κ2) is 8.76. The van der Waals surface area contributed by atoms with Gasteiger partial charge in [0.05, 0.1) is 11.0 Å². The Morgan fingerprint density at radius 2 is 1.75 bits per heavy atom. The molecular weight excluding hydrogens is 462 g/mol. The van der Waals surface area contributed by atoms with E-state index in [0.29, 0.717) is 28.2 Å². The molecule has 0 aliphatic rings. The molecule has 1 unspecified atom stereocenters. The summed E-state index contributed by atoms with van der Waals surface area (Å²) in [5.41, 5.74) is 6.95. The zero-order chi connectivity index (χ0) is 23.7. The van der Waals surface area contributed by atoms with Gasteiger partial charge < -0.3 is 19.2 Å². The number of benzene rings is 2. The van der Waals surface area contributed by atoms with E-state index in [2.05, 4.69) is 9.17 Å². The zero-order valence-corrected chi connectivity index (χ0v) is 18.8. The minimum Gasteiger partial charge on any atom is -0.486 e. The Morgan fingerprint density at radius 1 is 1.12 bits per heavy atom. The minimum atomic E-state index is -4.64. The van der Waals surface area contributed by atoms with Crippen LogP contribution in [0, 0.1) is 0 Å². The van der Waals surface area contributed by atoms with Gasteiger partial charge in [-0.3, -0.25) is 9.35 Å². The van der Waals surface area contributed by atoms with E-state index in [1.165, 1.54) is 12.1 Å². The summed E-state index contributed by atoms with van der Waals surface area (Å²) in [6, 6.07) is 10.9. The van der Waals surface area contributed by atoms with Crippen molar-refractivity contribution in [3.63, 3.8) is 0 Å². The number of hydrogen-bond donors (Lipinski definition) is 2. The number of rotatable bonds is 9. The van der Waals surface area contributed by atoms with Gasteiger partial charge in [0.1, 0.15) is 29.2 Å². The number of hydrogen-bond acceptors (Lipinski definition) is 8. The van der Waals surface area contributed by atoms with Crippen LogP contribution < -0.4 is 14.7 Å². The van der Waals surface area contributed by atoms with Crippen molar-refractivity contribution in [2.24, 2.45) is 12.8 Å². The van der Waals surface area contributed by atoms with Crippen LogP contribution in [0.1, 0.15) is 11.4 Å². The van der Waals surface area contributed by atoms with Gasteiger partial charge in [0.15, 0.2) is 9.84 Å². The maximum atomic E-state index is 11.7. The van der Waals surface area contributed by atoms with E-state index >= 15 is 0 Å². The molecule has 32 heavy (non-hydrogen) atoms. The third-order valence-electron chi connectivity index (χ3n) is 4.69. The van der Waals surface area contributed by atoms with Crippen molar-refractivity contribution in [3.05, 3.63) is 53.9 Å². The summed E-state index contributed by atoms with van der Waals surface area (Å²) in [6.45, 7) is 0.0895. The number of ether oxygens (including phenoxy) is 1. The molecule has 0 radical (unpaired) electrons. The number of aryl methyl sites for hydroxylation is 1. The highest BCUT2D eigenvalue weighted by Gasteiger charge is 2.26. The molecule has 0 saturated carbocycles. The van der Waals surface area contributed by atoms with Gasteiger partial charge in [-0.25, -0.2) is 13.4 Å². The molecule has 0 aliphatic carbocycles. The molecule has 172 valence electrons. The van der Waals surface area contributed by atoms with E-state index in [9.17, 15) is 21.6 Å². The fraction of sp³-hybridized carbons (Fsp3) is 0.263. The summed E-state index contributed by atoms with van der Waals surface area (Å²) in [6.07, 6.45) is 0.932. The van der Waals surface area contributed by atoms with Gasteiger partial charge in [0.2, 0.25) is 5.91 Å². The topological polar surface area (TPSA) is 168 Å². The lowest BCUT2D eigenvalue weighted by Gasteiger charge is -2.12. The molecule has 0 saturated heterocycles. The summed E-state index contributed by atoms with van der Waals surface area (Å²) in [5, 5.41) is -1.30. The number of sulfone groups is 1. The highest BCUT2D eigenvalue weighted by molar-refractivity contribution is 7.92. The number of aromatic nitrogens is 2. The first kappa shape index (κ1) is 23.5. The van der Waals surface area contributed by atoms with Crippen molar-refractivity contribution >= 4 is 37.2 Å². The van der Waals surface area contributed by atoms with E-state index in [0.717, 1.165) is 6.26 Å². The number of primary amides is 1. The summed E-state index contributed by atoms with van der Waals surface area (Å²) >= 11 is 0. The largest absolute Gasteiger partial charge is 0.486 e. The molecule has 2 aromatic carbocycles. The predicted molar refractivity (Wildman–Crippen MR) is 115 cm³/mol. The number of carbonyl (C=O) groups excluding carboxylic acids is 1. The molecule has 1 aromatic heterocycles. The summed E-state index contributed by atoms with van der Waals surface area (Å²) in [7, 11) is -6.55. The predicted octanol–water partition coefficient (Wildman–Crippen LogP) is 0.775. The Kier molecular flexibility index (Phi) is 6.44. The van der Waals surface area contributed by atoms with Crippen molar-refractivity contribution in [2.45, 2.75) is 18.3 Å². The average Bonchev–Trinajstić information content (AvgIpc) is 2.98. The maximum Gasteiger partial charge on any atom is 0.446 e. The normalized spacial score (nSPS) is 13.1. The van der Waals surface area contributed by atoms with E-state index in [1.54, 1.807) is 41.9 Å². The van der Waals surface area contributed by atoms with Gasteiger partial charge in [-0.1, -0.05) is 12.1 Å². The first-order chi connectivity index (χ1) is 14.8. The third-order valence-corrected chi connectivity index (χ3v) is 6.53. The molecule has 0 bridgehead atoms. The minimum absolute atomic E-state index is 0.0346. The summed E-state index contributed by atoms with van der Waals surface area (Å²) in [4.78, 5) is 15.9. The Morgan fingerprint density at radius 3 is 2.31 bits per heavy atom. The van der Waals surface area contributed by atoms with Crippen molar-refractivity contribution in [3.8, 4) is 11.5 Å². The number of amides is 1. The number of nitrogens with two attached hydrogens (primary N) is 1. The molecule has 1 amide bonds. The van der Waals surface area contributed by atoms with Crippen LogP contribution in [0.15, 0.2) is 42.5 Å². The van der Waals surface area contributed by atoms with Crippen LogP contribution in [0.3, 0.4) is 0 Å². The second-order valence-electron chi connectivity index (χ2n) is 7.11. The Hall–Kier alpha value is -3.16. The van der Waals surface area contributed by atoms with Gasteiger partial charge >= 0.3 is 10.4 Å². The van der Waals surface area contributed by atoms with Crippen molar-refractivity contribution in [1.29, 1.82) is 0 Å². The van der Waals surface area contributed by atoms with Gasteiger partial charge in [-0.2, -0.15) is 8.42 Å². The Bertz CT molecular complexity index is 1360. The Balaban J connectivity index is 1.71. The SMILES string of the molecule is Cn1c(COc2ccc(CC(C(N)=O)S(C)(=O)=O)cc2)nc2ccc(OS(=O)(=O)O)cc21. The second-order valence-corrected chi connectivity index (χ2v) is 10.4. The van der Waals surface area contributed by atoms with E-state index in [4.69, 9.17) is 15.0 Å². The van der Waals surface area contributed by atoms with Crippen LogP contribution in [-0.2, 0) is 45.1 Å². The maximum absolute atomic E-state index is 11.7. The standard InChI is InChI=1S/C19H21N3O8S2/c1-22-16-10-14(30-32(26,27)28)7-8-15(16)21-18(22)11-29-13-5-3-12(4-6-13)9-17(19(20)23)31(2,24)25/h3-8,10,17H,9,11H2,1-2H3,(H2,20,23)(H,26,27,28).